The summed E-state index contributed by atoms with van der Waals surface area (Å²) in [4.78, 5) is 36.6. The number of imide groups is 1. The van der Waals surface area contributed by atoms with Crippen LogP contribution in [-0.2, 0) is 24.3 Å². The number of amides is 3. The molecule has 2 aliphatic heterocycles. The van der Waals surface area contributed by atoms with E-state index in [1.165, 1.54) is 6.07 Å². The molecule has 1 fully saturated rings. The number of anilines is 1. The van der Waals surface area contributed by atoms with Crippen LogP contribution in [0.2, 0.25) is 0 Å². The van der Waals surface area contributed by atoms with Crippen LogP contribution in [0, 0.1) is 0 Å². The Balaban J connectivity index is 1.50. The van der Waals surface area contributed by atoms with Crippen molar-refractivity contribution in [1.29, 1.82) is 0 Å². The second-order valence-electron chi connectivity index (χ2n) is 6.08. The second-order valence-corrected chi connectivity index (χ2v) is 7.91. The zero-order chi connectivity index (χ0) is 19.2. The van der Waals surface area contributed by atoms with Crippen LogP contribution in [0.25, 0.3) is 10.8 Å². The molecule has 1 saturated heterocycles. The molecule has 2 aliphatic rings. The number of nitrogens with one attached hydrogen (secondary N) is 1. The van der Waals surface area contributed by atoms with Crippen molar-refractivity contribution in [2.45, 2.75) is 4.90 Å². The average molecular weight is 389 g/mol. The zero-order valence-electron chi connectivity index (χ0n) is 14.0. The van der Waals surface area contributed by atoms with Crippen molar-refractivity contribution in [2.75, 3.05) is 30.5 Å². The van der Waals surface area contributed by atoms with Crippen molar-refractivity contribution in [3.05, 3.63) is 36.4 Å². The Kier molecular flexibility index (Phi) is 3.99. The summed E-state index contributed by atoms with van der Waals surface area (Å²) in [7, 11) is -3.88. The van der Waals surface area contributed by atoms with Crippen molar-refractivity contribution in [2.24, 2.45) is 0 Å². The highest BCUT2D eigenvalue weighted by Crippen LogP contribution is 2.41. The van der Waals surface area contributed by atoms with Crippen LogP contribution in [0.1, 0.15) is 0 Å². The molecule has 9 nitrogen and oxygen atoms in total. The van der Waals surface area contributed by atoms with Crippen LogP contribution >= 0.6 is 0 Å². The first-order valence-corrected chi connectivity index (χ1v) is 9.62. The molecule has 2 aromatic rings. The van der Waals surface area contributed by atoms with E-state index in [9.17, 15) is 22.8 Å². The van der Waals surface area contributed by atoms with Gasteiger partial charge in [0, 0.05) is 18.5 Å². The Hall–Kier alpha value is -3.14. The normalized spacial score (nSPS) is 17.3. The predicted octanol–water partition coefficient (Wildman–Crippen LogP) is 0.443. The Morgan fingerprint density at radius 2 is 1.89 bits per heavy atom. The molecule has 140 valence electrons. The first-order valence-electron chi connectivity index (χ1n) is 8.18. The van der Waals surface area contributed by atoms with Gasteiger partial charge in [0.1, 0.15) is 6.54 Å². The Morgan fingerprint density at radius 1 is 1.15 bits per heavy atom. The Bertz CT molecular complexity index is 1080. The molecule has 1 N–H and O–H groups in total. The molecular formula is C17H15N3O6S. The molecule has 27 heavy (non-hydrogen) atoms. The van der Waals surface area contributed by atoms with Gasteiger partial charge in [-0.2, -0.15) is 0 Å². The van der Waals surface area contributed by atoms with Crippen LogP contribution in [0.15, 0.2) is 41.3 Å². The monoisotopic (exact) mass is 389 g/mol. The quantitative estimate of drug-likeness (QED) is 0.760. The summed E-state index contributed by atoms with van der Waals surface area (Å²) in [5.41, 5.74) is 0.394. The third-order valence-electron chi connectivity index (χ3n) is 4.47. The summed E-state index contributed by atoms with van der Waals surface area (Å²) in [5, 5.41) is 3.77. The fraction of sp³-hybridized carbons (Fsp3) is 0.235. The lowest BCUT2D eigenvalue weighted by molar-refractivity contribution is -0.149. The molecule has 0 saturated carbocycles. The largest absolute Gasteiger partial charge is 0.454 e. The summed E-state index contributed by atoms with van der Waals surface area (Å²) in [6.07, 6.45) is 0. The van der Waals surface area contributed by atoms with Gasteiger partial charge in [-0.1, -0.05) is 24.3 Å². The molecule has 0 radical (unpaired) electrons. The minimum atomic E-state index is -3.88. The molecule has 0 aliphatic carbocycles. The van der Waals surface area contributed by atoms with Gasteiger partial charge in [-0.25, -0.2) is 13.2 Å². The smallest absolute Gasteiger partial charge is 0.327 e. The first-order chi connectivity index (χ1) is 12.9. The number of ether oxygens (including phenoxy) is 1. The molecule has 2 heterocycles. The number of rotatable bonds is 4. The van der Waals surface area contributed by atoms with Crippen molar-refractivity contribution in [1.82, 2.24) is 10.2 Å². The summed E-state index contributed by atoms with van der Waals surface area (Å²) < 4.78 is 31.4. The molecule has 0 atom stereocenters. The van der Waals surface area contributed by atoms with Gasteiger partial charge in [-0.3, -0.25) is 18.8 Å². The van der Waals surface area contributed by atoms with Gasteiger partial charge >= 0.3 is 12.0 Å². The summed E-state index contributed by atoms with van der Waals surface area (Å²) >= 11 is 0. The zero-order valence-corrected chi connectivity index (χ0v) is 14.9. The van der Waals surface area contributed by atoms with E-state index in [0.29, 0.717) is 17.6 Å². The highest BCUT2D eigenvalue weighted by atomic mass is 32.2. The highest BCUT2D eigenvalue weighted by molar-refractivity contribution is 7.93. The number of carbonyl (C=O) groups is 3. The van der Waals surface area contributed by atoms with Crippen LogP contribution in [0.5, 0.6) is 0 Å². The molecule has 2 aromatic carbocycles. The summed E-state index contributed by atoms with van der Waals surface area (Å²) in [5.74, 6) is -1.54. The van der Waals surface area contributed by atoms with E-state index < -0.39 is 41.1 Å². The Labute approximate surface area is 154 Å². The number of esters is 1. The number of hydrogen-bond acceptors (Lipinski definition) is 6. The van der Waals surface area contributed by atoms with Crippen LogP contribution in [0.4, 0.5) is 10.5 Å². The topological polar surface area (TPSA) is 113 Å². The summed E-state index contributed by atoms with van der Waals surface area (Å²) in [6.45, 7) is -0.646. The van der Waals surface area contributed by atoms with E-state index in [-0.39, 0.29) is 11.4 Å². The van der Waals surface area contributed by atoms with Gasteiger partial charge in [-0.15, -0.1) is 0 Å². The van der Waals surface area contributed by atoms with Gasteiger partial charge in [0.05, 0.1) is 10.6 Å². The first kappa shape index (κ1) is 17.3. The van der Waals surface area contributed by atoms with Crippen LogP contribution in [-0.4, -0.2) is 57.5 Å². The maximum Gasteiger partial charge on any atom is 0.327 e. The van der Waals surface area contributed by atoms with Crippen LogP contribution < -0.4 is 9.62 Å². The maximum absolute atomic E-state index is 12.8. The lowest BCUT2D eigenvalue weighted by atomic mass is 10.1. The average Bonchev–Trinajstić information content (AvgIpc) is 3.16. The highest BCUT2D eigenvalue weighted by Gasteiger charge is 2.37. The fourth-order valence-electron chi connectivity index (χ4n) is 3.22. The van der Waals surface area contributed by atoms with E-state index in [4.69, 9.17) is 4.74 Å². The SMILES string of the molecule is O=C(CN1c2cccc3cccc(c23)S1(=O)=O)OCC(=O)N1CCNC1=O. The molecular weight excluding hydrogens is 374 g/mol. The molecule has 4 rings (SSSR count). The number of benzene rings is 2. The van der Waals surface area contributed by atoms with Crippen molar-refractivity contribution in [3.8, 4) is 0 Å². The van der Waals surface area contributed by atoms with E-state index in [0.717, 1.165) is 14.6 Å². The molecule has 0 bridgehead atoms. The van der Waals surface area contributed by atoms with Crippen molar-refractivity contribution in [3.63, 3.8) is 0 Å². The van der Waals surface area contributed by atoms with Gasteiger partial charge in [-0.05, 0) is 17.5 Å². The van der Waals surface area contributed by atoms with E-state index in [2.05, 4.69) is 5.32 Å². The van der Waals surface area contributed by atoms with E-state index in [1.54, 1.807) is 30.3 Å². The molecule has 10 heteroatoms. The number of hydrogen-bond donors (Lipinski definition) is 1. The number of carbonyl (C=O) groups excluding carboxylic acids is 3. The predicted molar refractivity (Wildman–Crippen MR) is 94.6 cm³/mol. The third kappa shape index (κ3) is 2.78. The van der Waals surface area contributed by atoms with Gasteiger partial charge in [0.25, 0.3) is 15.9 Å². The lowest BCUT2D eigenvalue weighted by Gasteiger charge is -2.18. The Morgan fingerprint density at radius 3 is 2.59 bits per heavy atom. The standard InChI is InChI=1S/C17H15N3O6S/c21-14(19-8-7-18-17(19)23)10-26-15(22)9-20-12-5-1-3-11-4-2-6-13(16(11)12)27(20,24)25/h1-6H,7-10H2,(H,18,23). The number of sulfonamides is 1. The third-order valence-corrected chi connectivity index (χ3v) is 6.27. The number of nitrogens with zero attached hydrogens (tertiary/aromatic N) is 2. The van der Waals surface area contributed by atoms with E-state index >= 15 is 0 Å². The fourth-order valence-corrected chi connectivity index (χ4v) is 4.88. The minimum absolute atomic E-state index is 0.133. The molecule has 0 unspecified atom stereocenters. The van der Waals surface area contributed by atoms with Crippen LogP contribution in [0.3, 0.4) is 0 Å². The molecule has 0 spiro atoms. The van der Waals surface area contributed by atoms with Crippen molar-refractivity contribution >= 4 is 44.4 Å². The summed E-state index contributed by atoms with van der Waals surface area (Å²) in [6, 6.07) is 9.49. The lowest BCUT2D eigenvalue weighted by Crippen LogP contribution is -2.39. The van der Waals surface area contributed by atoms with Gasteiger partial charge in [0.15, 0.2) is 6.61 Å². The second kappa shape index (κ2) is 6.23. The maximum atomic E-state index is 12.8. The minimum Gasteiger partial charge on any atom is -0.454 e. The number of urea groups is 1. The van der Waals surface area contributed by atoms with Crippen molar-refractivity contribution < 1.29 is 27.5 Å². The van der Waals surface area contributed by atoms with E-state index in [1.807, 2.05) is 0 Å². The molecule has 3 amide bonds. The van der Waals surface area contributed by atoms with Gasteiger partial charge < -0.3 is 10.1 Å². The molecule has 0 aromatic heterocycles. The van der Waals surface area contributed by atoms with Gasteiger partial charge in [0.2, 0.25) is 0 Å².